The molecule has 0 aromatic heterocycles. The molecule has 1 aromatic carbocycles. The summed E-state index contributed by atoms with van der Waals surface area (Å²) in [6.07, 6.45) is 0.458. The number of methoxy groups -OCH3 is 1. The van der Waals surface area contributed by atoms with Gasteiger partial charge in [0.05, 0.1) is 6.04 Å². The number of ether oxygens (including phenoxy) is 1. The number of nitrogens with two attached hydrogens (primary N) is 1. The smallest absolute Gasteiger partial charge is 0.251 e. The Balaban J connectivity index is 2.56. The van der Waals surface area contributed by atoms with Crippen LogP contribution in [0, 0.1) is 0 Å². The summed E-state index contributed by atoms with van der Waals surface area (Å²) in [6.45, 7) is 2.87. The lowest BCUT2D eigenvalue weighted by Gasteiger charge is -2.12. The van der Waals surface area contributed by atoms with Crippen LogP contribution in [0.1, 0.15) is 23.7 Å². The van der Waals surface area contributed by atoms with Gasteiger partial charge in [0.1, 0.15) is 0 Å². The van der Waals surface area contributed by atoms with E-state index < -0.39 is 6.04 Å². The van der Waals surface area contributed by atoms with Gasteiger partial charge in [-0.25, -0.2) is 0 Å². The fraction of sp³-hybridized carbons (Fsp3) is 0.429. The summed E-state index contributed by atoms with van der Waals surface area (Å²) in [5.74, 6) is -0.407. The van der Waals surface area contributed by atoms with Crippen molar-refractivity contribution in [3.05, 3.63) is 29.8 Å². The molecule has 1 rings (SSSR count). The first-order valence-corrected chi connectivity index (χ1v) is 6.52. The van der Waals surface area contributed by atoms with Gasteiger partial charge in [-0.05, 0) is 37.6 Å². The first-order chi connectivity index (χ1) is 9.58. The van der Waals surface area contributed by atoms with Crippen LogP contribution in [0.4, 0.5) is 5.69 Å². The summed E-state index contributed by atoms with van der Waals surface area (Å²) >= 11 is 0. The van der Waals surface area contributed by atoms with Crippen LogP contribution in [0.3, 0.4) is 0 Å². The fourth-order valence-electron chi connectivity index (χ4n) is 1.58. The van der Waals surface area contributed by atoms with E-state index in [9.17, 15) is 9.59 Å². The van der Waals surface area contributed by atoms with E-state index in [0.717, 1.165) is 0 Å². The highest BCUT2D eigenvalue weighted by atomic mass is 16.5. The quantitative estimate of drug-likeness (QED) is 0.686. The zero-order valence-electron chi connectivity index (χ0n) is 11.8. The highest BCUT2D eigenvalue weighted by Crippen LogP contribution is 2.10. The van der Waals surface area contributed by atoms with Crippen molar-refractivity contribution in [2.45, 2.75) is 19.4 Å². The van der Waals surface area contributed by atoms with Gasteiger partial charge in [0.25, 0.3) is 5.91 Å². The Labute approximate surface area is 118 Å². The lowest BCUT2D eigenvalue weighted by Crippen LogP contribution is -2.36. The zero-order valence-corrected chi connectivity index (χ0v) is 11.8. The number of carbonyl (C=O) groups is 2. The van der Waals surface area contributed by atoms with E-state index >= 15 is 0 Å². The van der Waals surface area contributed by atoms with Crippen LogP contribution in [-0.2, 0) is 9.53 Å². The normalized spacial score (nSPS) is 11.8. The molecule has 0 radical (unpaired) electrons. The minimum absolute atomic E-state index is 0.137. The maximum atomic E-state index is 11.8. The van der Waals surface area contributed by atoms with Crippen molar-refractivity contribution in [2.75, 3.05) is 25.6 Å². The van der Waals surface area contributed by atoms with E-state index in [1.54, 1.807) is 31.4 Å². The highest BCUT2D eigenvalue weighted by Gasteiger charge is 2.13. The third-order valence-corrected chi connectivity index (χ3v) is 2.72. The summed E-state index contributed by atoms with van der Waals surface area (Å²) in [5, 5.41) is 5.40. The minimum atomic E-state index is -0.613. The van der Waals surface area contributed by atoms with Gasteiger partial charge in [-0.1, -0.05) is 0 Å². The molecule has 110 valence electrons. The second-order valence-corrected chi connectivity index (χ2v) is 4.31. The Hall–Kier alpha value is -1.92. The van der Waals surface area contributed by atoms with Gasteiger partial charge in [-0.3, -0.25) is 9.59 Å². The monoisotopic (exact) mass is 279 g/mol. The molecule has 2 amide bonds. The molecule has 0 saturated carbocycles. The highest BCUT2D eigenvalue weighted by molar-refractivity contribution is 5.97. The van der Waals surface area contributed by atoms with Gasteiger partial charge in [0.2, 0.25) is 5.91 Å². The van der Waals surface area contributed by atoms with E-state index in [4.69, 9.17) is 10.5 Å². The number of carbonyl (C=O) groups excluding carboxylic acids is 2. The molecule has 6 heteroatoms. The molecule has 0 saturated heterocycles. The van der Waals surface area contributed by atoms with Crippen LogP contribution >= 0.6 is 0 Å². The van der Waals surface area contributed by atoms with E-state index in [1.807, 2.05) is 6.92 Å². The summed E-state index contributed by atoms with van der Waals surface area (Å²) in [6, 6.07) is 6.04. The molecule has 1 aromatic rings. The molecule has 0 aliphatic heterocycles. The maximum Gasteiger partial charge on any atom is 0.251 e. The standard InChI is InChI=1S/C14H21N3O3/c1-3-16-13(18)10-4-6-11(7-5-10)17-14(19)12(15)8-9-20-2/h4-7,12H,3,8-9,15H2,1-2H3,(H,16,18)(H,17,19). The third kappa shape index (κ3) is 4.99. The molecule has 0 aliphatic rings. The number of amides is 2. The maximum absolute atomic E-state index is 11.8. The van der Waals surface area contributed by atoms with Crippen LogP contribution in [0.5, 0.6) is 0 Å². The van der Waals surface area contributed by atoms with E-state index in [2.05, 4.69) is 10.6 Å². The molecular formula is C14H21N3O3. The molecule has 1 unspecified atom stereocenters. The average Bonchev–Trinajstić information content (AvgIpc) is 2.45. The number of anilines is 1. The SMILES string of the molecule is CCNC(=O)c1ccc(NC(=O)C(N)CCOC)cc1. The van der Waals surface area contributed by atoms with Crippen LogP contribution < -0.4 is 16.4 Å². The van der Waals surface area contributed by atoms with Gasteiger partial charge in [-0.15, -0.1) is 0 Å². The first-order valence-electron chi connectivity index (χ1n) is 6.52. The molecule has 20 heavy (non-hydrogen) atoms. The predicted molar refractivity (Wildman–Crippen MR) is 77.5 cm³/mol. The van der Waals surface area contributed by atoms with Gasteiger partial charge < -0.3 is 21.1 Å². The third-order valence-electron chi connectivity index (χ3n) is 2.72. The summed E-state index contributed by atoms with van der Waals surface area (Å²) in [5.41, 5.74) is 6.87. The number of hydrogen-bond acceptors (Lipinski definition) is 4. The zero-order chi connectivity index (χ0) is 15.0. The number of nitrogens with one attached hydrogen (secondary N) is 2. The van der Waals surface area contributed by atoms with E-state index in [0.29, 0.717) is 30.8 Å². The lowest BCUT2D eigenvalue weighted by molar-refractivity contribution is -0.117. The Kier molecular flexibility index (Phi) is 6.69. The van der Waals surface area contributed by atoms with Gasteiger partial charge in [0, 0.05) is 31.5 Å². The summed E-state index contributed by atoms with van der Waals surface area (Å²) < 4.78 is 4.87. The Morgan fingerprint density at radius 3 is 2.50 bits per heavy atom. The molecule has 0 bridgehead atoms. The van der Waals surface area contributed by atoms with Crippen LogP contribution in [-0.4, -0.2) is 38.1 Å². The van der Waals surface area contributed by atoms with Gasteiger partial charge in [-0.2, -0.15) is 0 Å². The lowest BCUT2D eigenvalue weighted by atomic mass is 10.1. The second kappa shape index (κ2) is 8.29. The Morgan fingerprint density at radius 1 is 1.30 bits per heavy atom. The van der Waals surface area contributed by atoms with Crippen LogP contribution in [0.15, 0.2) is 24.3 Å². The van der Waals surface area contributed by atoms with Gasteiger partial charge in [0.15, 0.2) is 0 Å². The van der Waals surface area contributed by atoms with E-state index in [-0.39, 0.29) is 11.8 Å². The van der Waals surface area contributed by atoms with E-state index in [1.165, 1.54) is 0 Å². The van der Waals surface area contributed by atoms with Crippen molar-refractivity contribution in [1.29, 1.82) is 0 Å². The van der Waals surface area contributed by atoms with Crippen molar-refractivity contribution in [3.8, 4) is 0 Å². The second-order valence-electron chi connectivity index (χ2n) is 4.31. The van der Waals surface area contributed by atoms with Crippen molar-refractivity contribution in [2.24, 2.45) is 5.73 Å². The summed E-state index contributed by atoms with van der Waals surface area (Å²) in [4.78, 5) is 23.3. The molecule has 6 nitrogen and oxygen atoms in total. The molecule has 0 spiro atoms. The number of hydrogen-bond donors (Lipinski definition) is 3. The van der Waals surface area contributed by atoms with Crippen molar-refractivity contribution in [3.63, 3.8) is 0 Å². The van der Waals surface area contributed by atoms with Crippen molar-refractivity contribution in [1.82, 2.24) is 5.32 Å². The molecule has 4 N–H and O–H groups in total. The van der Waals surface area contributed by atoms with Crippen molar-refractivity contribution < 1.29 is 14.3 Å². The topological polar surface area (TPSA) is 93.5 Å². The van der Waals surface area contributed by atoms with Crippen LogP contribution in [0.2, 0.25) is 0 Å². The van der Waals surface area contributed by atoms with Gasteiger partial charge >= 0.3 is 0 Å². The molecule has 0 heterocycles. The largest absolute Gasteiger partial charge is 0.385 e. The number of rotatable bonds is 7. The Bertz CT molecular complexity index is 445. The Morgan fingerprint density at radius 2 is 1.95 bits per heavy atom. The first kappa shape index (κ1) is 16.1. The predicted octanol–water partition coefficient (Wildman–Crippen LogP) is 0.739. The van der Waals surface area contributed by atoms with Crippen molar-refractivity contribution >= 4 is 17.5 Å². The molecule has 1 atom stereocenters. The molecule has 0 aliphatic carbocycles. The minimum Gasteiger partial charge on any atom is -0.385 e. The average molecular weight is 279 g/mol. The fourth-order valence-corrected chi connectivity index (χ4v) is 1.58. The number of benzene rings is 1. The van der Waals surface area contributed by atoms with Crippen LogP contribution in [0.25, 0.3) is 0 Å². The summed E-state index contributed by atoms with van der Waals surface area (Å²) in [7, 11) is 1.56. The molecule has 0 fully saturated rings. The molecular weight excluding hydrogens is 258 g/mol.